The quantitative estimate of drug-likeness (QED) is 0.734. The molecule has 2 amide bonds. The Bertz CT molecular complexity index is 595. The van der Waals surface area contributed by atoms with Crippen LogP contribution < -0.4 is 14.8 Å². The number of alkyl halides is 2. The molecule has 1 aromatic rings. The van der Waals surface area contributed by atoms with E-state index in [0.29, 0.717) is 25.9 Å². The van der Waals surface area contributed by atoms with Crippen LogP contribution in [0, 0.1) is 0 Å². The zero-order chi connectivity index (χ0) is 17.5. The first-order valence-corrected chi connectivity index (χ1v) is 7.70. The summed E-state index contributed by atoms with van der Waals surface area (Å²) in [6.45, 7) is -1.42. The van der Waals surface area contributed by atoms with Crippen LogP contribution in [0.25, 0.3) is 0 Å². The van der Waals surface area contributed by atoms with E-state index >= 15 is 0 Å². The van der Waals surface area contributed by atoms with Gasteiger partial charge in [-0.3, -0.25) is 9.59 Å². The predicted molar refractivity (Wildman–Crippen MR) is 82.4 cm³/mol. The van der Waals surface area contributed by atoms with E-state index in [4.69, 9.17) is 4.74 Å². The van der Waals surface area contributed by atoms with E-state index in [1.807, 2.05) is 0 Å². The topological polar surface area (TPSA) is 67.9 Å². The third-order valence-corrected chi connectivity index (χ3v) is 3.71. The maximum Gasteiger partial charge on any atom is 0.387 e. The molecule has 24 heavy (non-hydrogen) atoms. The largest absolute Gasteiger partial charge is 0.493 e. The fourth-order valence-corrected chi connectivity index (χ4v) is 2.57. The van der Waals surface area contributed by atoms with Crippen LogP contribution in [0.1, 0.15) is 29.6 Å². The van der Waals surface area contributed by atoms with Crippen molar-refractivity contribution in [2.45, 2.75) is 25.9 Å². The maximum absolute atomic E-state index is 12.5. The molecule has 1 aromatic carbocycles. The molecule has 1 fully saturated rings. The summed E-state index contributed by atoms with van der Waals surface area (Å²) >= 11 is 0. The molecule has 0 aromatic heterocycles. The van der Waals surface area contributed by atoms with Crippen molar-refractivity contribution in [2.24, 2.45) is 0 Å². The molecule has 1 saturated heterocycles. The second kappa shape index (κ2) is 8.47. The van der Waals surface area contributed by atoms with Gasteiger partial charge in [0.25, 0.3) is 5.91 Å². The van der Waals surface area contributed by atoms with E-state index in [1.54, 1.807) is 4.90 Å². The molecule has 1 N–H and O–H groups in total. The summed E-state index contributed by atoms with van der Waals surface area (Å²) in [4.78, 5) is 25.4. The van der Waals surface area contributed by atoms with E-state index in [-0.39, 0.29) is 23.0 Å². The highest BCUT2D eigenvalue weighted by Crippen LogP contribution is 2.32. The SMILES string of the molecule is COc1cccc(C(=O)NCCCN2CCCC2=O)c1OC(F)F. The van der Waals surface area contributed by atoms with Crippen molar-refractivity contribution >= 4 is 11.8 Å². The smallest absolute Gasteiger partial charge is 0.387 e. The summed E-state index contributed by atoms with van der Waals surface area (Å²) in [5.41, 5.74) is -0.0214. The van der Waals surface area contributed by atoms with Crippen molar-refractivity contribution in [3.63, 3.8) is 0 Å². The van der Waals surface area contributed by atoms with Gasteiger partial charge in [-0.25, -0.2) is 0 Å². The lowest BCUT2D eigenvalue weighted by molar-refractivity contribution is -0.127. The van der Waals surface area contributed by atoms with Crippen molar-refractivity contribution < 1.29 is 27.8 Å². The monoisotopic (exact) mass is 342 g/mol. The summed E-state index contributed by atoms with van der Waals surface area (Å²) in [6, 6.07) is 4.35. The van der Waals surface area contributed by atoms with Crippen molar-refractivity contribution in [3.8, 4) is 11.5 Å². The van der Waals surface area contributed by atoms with E-state index in [0.717, 1.165) is 13.0 Å². The van der Waals surface area contributed by atoms with Gasteiger partial charge in [0, 0.05) is 26.1 Å². The lowest BCUT2D eigenvalue weighted by atomic mass is 10.1. The van der Waals surface area contributed by atoms with E-state index in [1.165, 1.54) is 25.3 Å². The summed E-state index contributed by atoms with van der Waals surface area (Å²) in [6.07, 6.45) is 2.03. The van der Waals surface area contributed by atoms with Gasteiger partial charge in [0.1, 0.15) is 0 Å². The first-order valence-electron chi connectivity index (χ1n) is 7.70. The van der Waals surface area contributed by atoms with Crippen LogP contribution in [0.5, 0.6) is 11.5 Å². The number of benzene rings is 1. The second-order valence-corrected chi connectivity index (χ2v) is 5.31. The Morgan fingerprint density at radius 3 is 2.83 bits per heavy atom. The molecule has 0 unspecified atom stereocenters. The zero-order valence-corrected chi connectivity index (χ0v) is 13.4. The molecule has 6 nitrogen and oxygen atoms in total. The van der Waals surface area contributed by atoms with Crippen LogP contribution in [0.4, 0.5) is 8.78 Å². The van der Waals surface area contributed by atoms with Crippen molar-refractivity contribution in [1.29, 1.82) is 0 Å². The number of para-hydroxylation sites is 1. The highest BCUT2D eigenvalue weighted by atomic mass is 19.3. The first-order chi connectivity index (χ1) is 11.5. The minimum atomic E-state index is -3.06. The molecular formula is C16H20F2N2O4. The van der Waals surface area contributed by atoms with Gasteiger partial charge in [-0.15, -0.1) is 0 Å². The molecule has 0 atom stereocenters. The molecule has 0 bridgehead atoms. The molecule has 8 heteroatoms. The van der Waals surface area contributed by atoms with Crippen LogP contribution in [-0.2, 0) is 4.79 Å². The average Bonchev–Trinajstić information content (AvgIpc) is 2.96. The molecular weight excluding hydrogens is 322 g/mol. The highest BCUT2D eigenvalue weighted by Gasteiger charge is 2.21. The minimum Gasteiger partial charge on any atom is -0.493 e. The van der Waals surface area contributed by atoms with Gasteiger partial charge >= 0.3 is 6.61 Å². The molecule has 1 aliphatic heterocycles. The molecule has 0 radical (unpaired) electrons. The van der Waals surface area contributed by atoms with Gasteiger partial charge in [-0.1, -0.05) is 6.07 Å². The Morgan fingerprint density at radius 1 is 1.42 bits per heavy atom. The van der Waals surface area contributed by atoms with Gasteiger partial charge in [-0.2, -0.15) is 8.78 Å². The number of likely N-dealkylation sites (tertiary alicyclic amines) is 1. The standard InChI is InChI=1S/C16H20F2N2O4/c1-23-12-6-2-5-11(14(12)24-16(17)18)15(22)19-8-4-10-20-9-3-7-13(20)21/h2,5-6,16H,3-4,7-10H2,1H3,(H,19,22). The number of nitrogens with zero attached hydrogens (tertiary/aromatic N) is 1. The van der Waals surface area contributed by atoms with E-state index < -0.39 is 12.5 Å². The maximum atomic E-state index is 12.5. The number of nitrogens with one attached hydrogen (secondary N) is 1. The van der Waals surface area contributed by atoms with Crippen molar-refractivity contribution in [3.05, 3.63) is 23.8 Å². The van der Waals surface area contributed by atoms with Crippen LogP contribution in [0.3, 0.4) is 0 Å². The highest BCUT2D eigenvalue weighted by molar-refractivity contribution is 5.97. The van der Waals surface area contributed by atoms with Gasteiger partial charge in [0.15, 0.2) is 11.5 Å². The molecule has 0 spiro atoms. The average molecular weight is 342 g/mol. The van der Waals surface area contributed by atoms with Crippen molar-refractivity contribution in [1.82, 2.24) is 10.2 Å². The summed E-state index contributed by atoms with van der Waals surface area (Å²) in [5, 5.41) is 2.65. The Kier molecular flexibility index (Phi) is 6.34. The minimum absolute atomic E-state index is 0.0214. The number of ether oxygens (including phenoxy) is 2. The van der Waals surface area contributed by atoms with Crippen molar-refractivity contribution in [2.75, 3.05) is 26.7 Å². The van der Waals surface area contributed by atoms with Crippen LogP contribution in [-0.4, -0.2) is 50.1 Å². The molecule has 1 aliphatic rings. The zero-order valence-electron chi connectivity index (χ0n) is 13.4. The second-order valence-electron chi connectivity index (χ2n) is 5.31. The fourth-order valence-electron chi connectivity index (χ4n) is 2.57. The molecule has 1 heterocycles. The van der Waals surface area contributed by atoms with Gasteiger partial charge < -0.3 is 19.7 Å². The number of methoxy groups -OCH3 is 1. The Morgan fingerprint density at radius 2 is 2.21 bits per heavy atom. The Balaban J connectivity index is 1.92. The number of amides is 2. The number of hydrogen-bond acceptors (Lipinski definition) is 4. The van der Waals surface area contributed by atoms with E-state index in [9.17, 15) is 18.4 Å². The summed E-state index contributed by atoms with van der Waals surface area (Å²) in [5.74, 6) is -0.633. The number of hydrogen-bond donors (Lipinski definition) is 1. The number of rotatable bonds is 8. The third kappa shape index (κ3) is 4.56. The Labute approximate surface area is 138 Å². The normalized spacial score (nSPS) is 14.2. The fraction of sp³-hybridized carbons (Fsp3) is 0.500. The molecule has 132 valence electrons. The van der Waals surface area contributed by atoms with Gasteiger partial charge in [0.2, 0.25) is 5.91 Å². The van der Waals surface area contributed by atoms with Crippen LogP contribution >= 0.6 is 0 Å². The summed E-state index contributed by atoms with van der Waals surface area (Å²) in [7, 11) is 1.31. The summed E-state index contributed by atoms with van der Waals surface area (Å²) < 4.78 is 34.5. The lowest BCUT2D eigenvalue weighted by Crippen LogP contribution is -2.31. The van der Waals surface area contributed by atoms with E-state index in [2.05, 4.69) is 10.1 Å². The van der Waals surface area contributed by atoms with Crippen LogP contribution in [0.15, 0.2) is 18.2 Å². The van der Waals surface area contributed by atoms with Crippen LogP contribution in [0.2, 0.25) is 0 Å². The number of carbonyl (C=O) groups excluding carboxylic acids is 2. The van der Waals surface area contributed by atoms with Gasteiger partial charge in [0.05, 0.1) is 12.7 Å². The number of halogens is 2. The molecule has 2 rings (SSSR count). The Hall–Kier alpha value is -2.38. The number of carbonyl (C=O) groups is 2. The molecule has 0 aliphatic carbocycles. The lowest BCUT2D eigenvalue weighted by Gasteiger charge is -2.16. The predicted octanol–water partition coefficient (Wildman–Crippen LogP) is 2.04. The van der Waals surface area contributed by atoms with Gasteiger partial charge in [-0.05, 0) is 25.0 Å². The third-order valence-electron chi connectivity index (χ3n) is 3.71. The molecule has 0 saturated carbocycles. The first kappa shape index (κ1) is 18.0.